The minimum absolute atomic E-state index is 0.163. The molecule has 1 heterocycles. The highest BCUT2D eigenvalue weighted by Crippen LogP contribution is 2.26. The minimum Gasteiger partial charge on any atom is -0.378 e. The van der Waals surface area contributed by atoms with E-state index in [9.17, 15) is 4.79 Å². The number of primary amides is 1. The van der Waals surface area contributed by atoms with Crippen molar-refractivity contribution in [3.05, 3.63) is 29.5 Å². The van der Waals surface area contributed by atoms with Gasteiger partial charge >= 0.3 is 0 Å². The molecule has 0 fully saturated rings. The molecular formula is C12H15N5O. The second-order valence-electron chi connectivity index (χ2n) is 4.28. The number of nitrogens with two attached hydrogens (primary N) is 1. The number of nitrogens with zero attached hydrogens (tertiary/aromatic N) is 3. The van der Waals surface area contributed by atoms with Gasteiger partial charge in [0, 0.05) is 25.3 Å². The van der Waals surface area contributed by atoms with Crippen molar-refractivity contribution < 1.29 is 4.79 Å². The third-order valence-corrected chi connectivity index (χ3v) is 2.76. The maximum atomic E-state index is 11.2. The quantitative estimate of drug-likeness (QED) is 0.842. The second kappa shape index (κ2) is 4.48. The van der Waals surface area contributed by atoms with Crippen LogP contribution in [0.4, 0.5) is 5.69 Å². The van der Waals surface area contributed by atoms with Crippen LogP contribution in [0.15, 0.2) is 18.2 Å². The third-order valence-electron chi connectivity index (χ3n) is 2.76. The number of amides is 1. The van der Waals surface area contributed by atoms with Crippen molar-refractivity contribution in [2.75, 3.05) is 19.0 Å². The van der Waals surface area contributed by atoms with Gasteiger partial charge in [-0.2, -0.15) is 15.4 Å². The first-order valence-electron chi connectivity index (χ1n) is 5.49. The number of rotatable bonds is 3. The Morgan fingerprint density at radius 1 is 1.33 bits per heavy atom. The van der Waals surface area contributed by atoms with Gasteiger partial charge < -0.3 is 10.6 Å². The zero-order valence-electron chi connectivity index (χ0n) is 10.6. The molecule has 0 bridgehead atoms. The summed E-state index contributed by atoms with van der Waals surface area (Å²) in [7, 11) is 3.94. The maximum absolute atomic E-state index is 11.2. The van der Waals surface area contributed by atoms with Crippen molar-refractivity contribution in [2.45, 2.75) is 6.92 Å². The predicted molar refractivity (Wildman–Crippen MR) is 69.4 cm³/mol. The number of hydrogen-bond acceptors (Lipinski definition) is 4. The molecule has 0 aliphatic heterocycles. The van der Waals surface area contributed by atoms with Gasteiger partial charge in [0.1, 0.15) is 5.69 Å². The minimum atomic E-state index is -0.588. The first kappa shape index (κ1) is 12.1. The Kier molecular flexibility index (Phi) is 3.01. The molecule has 0 spiro atoms. The van der Waals surface area contributed by atoms with E-state index >= 15 is 0 Å². The number of hydrogen-bond donors (Lipinski definition) is 2. The number of carbonyl (C=O) groups excluding carboxylic acids is 1. The van der Waals surface area contributed by atoms with E-state index in [0.29, 0.717) is 5.69 Å². The summed E-state index contributed by atoms with van der Waals surface area (Å²) in [5.74, 6) is -0.588. The lowest BCUT2D eigenvalue weighted by molar-refractivity contribution is 0.0996. The summed E-state index contributed by atoms with van der Waals surface area (Å²) in [4.78, 5) is 13.2. The van der Waals surface area contributed by atoms with Gasteiger partial charge in [0.15, 0.2) is 5.69 Å². The van der Waals surface area contributed by atoms with E-state index in [2.05, 4.69) is 15.4 Å². The van der Waals surface area contributed by atoms with Crippen molar-refractivity contribution in [1.29, 1.82) is 0 Å². The summed E-state index contributed by atoms with van der Waals surface area (Å²) in [5.41, 5.74) is 8.85. The highest BCUT2D eigenvalue weighted by atomic mass is 16.1. The molecule has 0 atom stereocenters. The molecule has 0 unspecified atom stereocenters. The van der Waals surface area contributed by atoms with E-state index < -0.39 is 5.91 Å². The Labute approximate surface area is 105 Å². The number of aryl methyl sites for hydroxylation is 1. The summed E-state index contributed by atoms with van der Waals surface area (Å²) in [6, 6.07) is 5.89. The van der Waals surface area contributed by atoms with Crippen LogP contribution in [0.1, 0.15) is 16.1 Å². The fourth-order valence-corrected chi connectivity index (χ4v) is 1.78. The topological polar surface area (TPSA) is 87.9 Å². The van der Waals surface area contributed by atoms with Crippen LogP contribution >= 0.6 is 0 Å². The van der Waals surface area contributed by atoms with Crippen LogP contribution in [0, 0.1) is 6.92 Å². The first-order chi connectivity index (χ1) is 8.50. The number of carbonyl (C=O) groups is 1. The Morgan fingerprint density at radius 3 is 2.61 bits per heavy atom. The van der Waals surface area contributed by atoms with Crippen LogP contribution in [-0.2, 0) is 0 Å². The highest BCUT2D eigenvalue weighted by Gasteiger charge is 2.16. The van der Waals surface area contributed by atoms with Gasteiger partial charge in [0.2, 0.25) is 0 Å². The lowest BCUT2D eigenvalue weighted by Gasteiger charge is -2.14. The number of benzene rings is 1. The first-order valence-corrected chi connectivity index (χ1v) is 5.49. The van der Waals surface area contributed by atoms with Crippen LogP contribution in [0.5, 0.6) is 0 Å². The summed E-state index contributed by atoms with van der Waals surface area (Å²) in [6.45, 7) is 1.96. The van der Waals surface area contributed by atoms with Gasteiger partial charge in [-0.25, -0.2) is 0 Å². The maximum Gasteiger partial charge on any atom is 0.271 e. The third kappa shape index (κ3) is 2.04. The monoisotopic (exact) mass is 245 g/mol. The fraction of sp³-hybridized carbons (Fsp3) is 0.250. The average molecular weight is 245 g/mol. The lowest BCUT2D eigenvalue weighted by Crippen LogP contribution is -2.13. The highest BCUT2D eigenvalue weighted by molar-refractivity contribution is 5.97. The molecule has 3 N–H and O–H groups in total. The molecule has 0 aliphatic carbocycles. The van der Waals surface area contributed by atoms with Crippen LogP contribution in [0.25, 0.3) is 11.3 Å². The van der Waals surface area contributed by atoms with E-state index in [0.717, 1.165) is 16.8 Å². The molecule has 18 heavy (non-hydrogen) atoms. The Bertz CT molecular complexity index is 588. The average Bonchev–Trinajstić information content (AvgIpc) is 2.77. The molecule has 1 amide bonds. The van der Waals surface area contributed by atoms with Crippen molar-refractivity contribution in [2.24, 2.45) is 5.73 Å². The van der Waals surface area contributed by atoms with Crippen molar-refractivity contribution in [3.8, 4) is 11.3 Å². The van der Waals surface area contributed by atoms with E-state index in [1.54, 1.807) is 0 Å². The predicted octanol–water partition coefficient (Wildman–Crippen LogP) is 0.945. The van der Waals surface area contributed by atoms with Crippen molar-refractivity contribution in [1.82, 2.24) is 15.4 Å². The standard InChI is InChI=1S/C12H15N5O/c1-7-6-8(17(2)3)4-5-9(7)10-11(12(13)18)15-16-14-10/h4-6H,1-3H3,(H2,13,18)(H,14,15,16). The van der Waals surface area contributed by atoms with Crippen molar-refractivity contribution in [3.63, 3.8) is 0 Å². The van der Waals surface area contributed by atoms with Crippen LogP contribution in [0.3, 0.4) is 0 Å². The van der Waals surface area contributed by atoms with Crippen LogP contribution in [0.2, 0.25) is 0 Å². The number of anilines is 1. The smallest absolute Gasteiger partial charge is 0.271 e. The van der Waals surface area contributed by atoms with E-state index in [1.807, 2.05) is 44.1 Å². The van der Waals surface area contributed by atoms with Gasteiger partial charge in [0.05, 0.1) is 0 Å². The summed E-state index contributed by atoms with van der Waals surface area (Å²) >= 11 is 0. The molecule has 0 saturated carbocycles. The Balaban J connectivity index is 2.51. The fourth-order valence-electron chi connectivity index (χ4n) is 1.78. The number of H-pyrrole nitrogens is 1. The lowest BCUT2D eigenvalue weighted by atomic mass is 10.0. The Hall–Kier alpha value is -2.37. The van der Waals surface area contributed by atoms with Gasteiger partial charge in [-0.15, -0.1) is 0 Å². The summed E-state index contributed by atoms with van der Waals surface area (Å²) in [5, 5.41) is 10.2. The normalized spacial score (nSPS) is 10.4. The molecule has 1 aromatic carbocycles. The number of aromatic amines is 1. The van der Waals surface area contributed by atoms with Gasteiger partial charge in [-0.3, -0.25) is 4.79 Å². The van der Waals surface area contributed by atoms with E-state index in [1.165, 1.54) is 0 Å². The molecule has 0 saturated heterocycles. The van der Waals surface area contributed by atoms with Crippen LogP contribution in [-0.4, -0.2) is 35.4 Å². The van der Waals surface area contributed by atoms with E-state index in [-0.39, 0.29) is 5.69 Å². The zero-order valence-corrected chi connectivity index (χ0v) is 10.6. The van der Waals surface area contributed by atoms with Crippen LogP contribution < -0.4 is 10.6 Å². The molecule has 2 rings (SSSR count). The summed E-state index contributed by atoms with van der Waals surface area (Å²) < 4.78 is 0. The summed E-state index contributed by atoms with van der Waals surface area (Å²) in [6.07, 6.45) is 0. The number of aromatic nitrogens is 3. The van der Waals surface area contributed by atoms with Gasteiger partial charge in [-0.05, 0) is 24.6 Å². The second-order valence-corrected chi connectivity index (χ2v) is 4.28. The molecular weight excluding hydrogens is 230 g/mol. The number of nitrogens with one attached hydrogen (secondary N) is 1. The molecule has 6 heteroatoms. The molecule has 2 aromatic rings. The molecule has 0 radical (unpaired) electrons. The molecule has 0 aliphatic rings. The SMILES string of the molecule is Cc1cc(N(C)C)ccc1-c1n[nH]nc1C(N)=O. The van der Waals surface area contributed by atoms with E-state index in [4.69, 9.17) is 5.73 Å². The molecule has 1 aromatic heterocycles. The van der Waals surface area contributed by atoms with Gasteiger partial charge in [-0.1, -0.05) is 6.07 Å². The largest absolute Gasteiger partial charge is 0.378 e. The van der Waals surface area contributed by atoms with Crippen molar-refractivity contribution >= 4 is 11.6 Å². The Morgan fingerprint density at radius 2 is 2.06 bits per heavy atom. The molecule has 94 valence electrons. The zero-order chi connectivity index (χ0) is 13.3. The molecule has 6 nitrogen and oxygen atoms in total. The van der Waals surface area contributed by atoms with Gasteiger partial charge in [0.25, 0.3) is 5.91 Å².